The molecule has 0 spiro atoms. The van der Waals surface area contributed by atoms with Crippen molar-refractivity contribution in [2.24, 2.45) is 10.9 Å². The number of rotatable bonds is 3. The maximum absolute atomic E-state index is 9.83. The number of hydrogen-bond donors (Lipinski definition) is 2. The Morgan fingerprint density at radius 1 is 1.32 bits per heavy atom. The molecule has 1 aliphatic rings. The maximum atomic E-state index is 9.83. The predicted octanol–water partition coefficient (Wildman–Crippen LogP) is 3.27. The van der Waals surface area contributed by atoms with Crippen molar-refractivity contribution in [3.8, 4) is 0 Å². The summed E-state index contributed by atoms with van der Waals surface area (Å²) < 4.78 is 1.09. The molecular formula is C18H22ClN3O3. The van der Waals surface area contributed by atoms with Crippen LogP contribution in [0.2, 0.25) is 5.02 Å². The summed E-state index contributed by atoms with van der Waals surface area (Å²) in [7, 11) is 0. The van der Waals surface area contributed by atoms with Gasteiger partial charge in [-0.25, -0.2) is 0 Å². The molecule has 0 amide bonds. The van der Waals surface area contributed by atoms with Gasteiger partial charge >= 0.3 is 0 Å². The molecule has 1 heterocycles. The van der Waals surface area contributed by atoms with Gasteiger partial charge in [0.15, 0.2) is 5.49 Å². The van der Waals surface area contributed by atoms with E-state index in [2.05, 4.69) is 22.1 Å². The number of halogens is 1. The first kappa shape index (κ1) is 19.0. The molecule has 0 saturated heterocycles. The Kier molecular flexibility index (Phi) is 6.58. The van der Waals surface area contributed by atoms with Crippen LogP contribution in [-0.4, -0.2) is 32.5 Å². The van der Waals surface area contributed by atoms with Crippen molar-refractivity contribution >= 4 is 17.6 Å². The molecular weight excluding hydrogens is 342 g/mol. The predicted molar refractivity (Wildman–Crippen MR) is 94.8 cm³/mol. The van der Waals surface area contributed by atoms with Crippen molar-refractivity contribution < 1.29 is 15.1 Å². The molecule has 2 N–H and O–H groups in total. The second-order valence-electron chi connectivity index (χ2n) is 6.16. The van der Waals surface area contributed by atoms with E-state index in [1.54, 1.807) is 19.3 Å². The minimum Gasteiger partial charge on any atom is -0.481 e. The second-order valence-corrected chi connectivity index (χ2v) is 6.60. The van der Waals surface area contributed by atoms with E-state index >= 15 is 0 Å². The highest BCUT2D eigenvalue weighted by Gasteiger charge is 2.29. The van der Waals surface area contributed by atoms with Gasteiger partial charge in [0, 0.05) is 24.7 Å². The van der Waals surface area contributed by atoms with E-state index in [9.17, 15) is 5.21 Å². The Hall–Kier alpha value is -2.34. The summed E-state index contributed by atoms with van der Waals surface area (Å²) in [6.45, 7) is 3.61. The van der Waals surface area contributed by atoms with Gasteiger partial charge in [-0.1, -0.05) is 23.7 Å². The standard InChI is InChI=1S/C16H18ClN3O.C2H4O2/c1-11-8-18-10-16(20(11)21)19-9-12-6-14(7-12)13-2-4-15(17)5-3-13;1-2(3)4/h2-5,8,10,12,14,21H,6-7,9H2,1H3;1H3,(H,3,4). The Morgan fingerprint density at radius 2 is 1.92 bits per heavy atom. The molecule has 0 aliphatic heterocycles. The lowest BCUT2D eigenvalue weighted by molar-refractivity contribution is -0.134. The molecule has 3 rings (SSSR count). The molecule has 2 aromatic rings. The Labute approximate surface area is 151 Å². The quantitative estimate of drug-likeness (QED) is 0.819. The van der Waals surface area contributed by atoms with Gasteiger partial charge in [0.25, 0.3) is 5.97 Å². The van der Waals surface area contributed by atoms with E-state index in [-0.39, 0.29) is 0 Å². The lowest BCUT2D eigenvalue weighted by Gasteiger charge is -2.34. The van der Waals surface area contributed by atoms with Gasteiger partial charge in [-0.15, -0.1) is 0 Å². The normalized spacial score (nSPS) is 19.6. The van der Waals surface area contributed by atoms with Crippen LogP contribution in [0.25, 0.3) is 0 Å². The highest BCUT2D eigenvalue weighted by molar-refractivity contribution is 6.30. The molecule has 1 aromatic heterocycles. The largest absolute Gasteiger partial charge is 0.481 e. The first-order valence-corrected chi connectivity index (χ1v) is 8.43. The molecule has 1 aliphatic carbocycles. The summed E-state index contributed by atoms with van der Waals surface area (Å²) in [4.78, 5) is 17.5. The van der Waals surface area contributed by atoms with Crippen LogP contribution in [0.1, 0.15) is 36.9 Å². The molecule has 134 valence electrons. The van der Waals surface area contributed by atoms with Crippen molar-refractivity contribution in [2.75, 3.05) is 6.54 Å². The fraction of sp³-hybridized carbons (Fsp3) is 0.389. The number of aromatic nitrogens is 2. The van der Waals surface area contributed by atoms with Crippen LogP contribution < -0.4 is 5.49 Å². The van der Waals surface area contributed by atoms with Crippen LogP contribution in [0.4, 0.5) is 0 Å². The minimum absolute atomic E-state index is 0.518. The smallest absolute Gasteiger partial charge is 0.300 e. The van der Waals surface area contributed by atoms with E-state index in [0.717, 1.165) is 36.1 Å². The Bertz CT molecular complexity index is 777. The first-order chi connectivity index (χ1) is 11.9. The van der Waals surface area contributed by atoms with Gasteiger partial charge in [0.2, 0.25) is 0 Å². The monoisotopic (exact) mass is 363 g/mol. The molecule has 0 atom stereocenters. The van der Waals surface area contributed by atoms with E-state index in [1.165, 1.54) is 5.56 Å². The molecule has 0 bridgehead atoms. The third kappa shape index (κ3) is 5.60. The molecule has 0 unspecified atom stereocenters. The lowest BCUT2D eigenvalue weighted by atomic mass is 9.71. The van der Waals surface area contributed by atoms with Crippen molar-refractivity contribution in [3.63, 3.8) is 0 Å². The molecule has 1 saturated carbocycles. The molecule has 7 heteroatoms. The zero-order valence-corrected chi connectivity index (χ0v) is 15.0. The van der Waals surface area contributed by atoms with E-state index < -0.39 is 5.97 Å². The van der Waals surface area contributed by atoms with E-state index in [1.807, 2.05) is 12.1 Å². The third-order valence-corrected chi connectivity index (χ3v) is 4.34. The molecule has 0 radical (unpaired) electrons. The summed E-state index contributed by atoms with van der Waals surface area (Å²) in [5.41, 5.74) is 2.55. The zero-order valence-electron chi connectivity index (χ0n) is 14.3. The van der Waals surface area contributed by atoms with Crippen LogP contribution in [0.3, 0.4) is 0 Å². The average molecular weight is 364 g/mol. The van der Waals surface area contributed by atoms with Gasteiger partial charge in [0.05, 0.1) is 11.9 Å². The average Bonchev–Trinajstić information content (AvgIpc) is 2.51. The number of benzene rings is 1. The zero-order chi connectivity index (χ0) is 18.4. The van der Waals surface area contributed by atoms with Crippen LogP contribution in [-0.2, 0) is 4.79 Å². The van der Waals surface area contributed by atoms with Crippen LogP contribution in [0.15, 0.2) is 41.7 Å². The number of hydrogen-bond acceptors (Lipinski definition) is 4. The number of aryl methyl sites for hydroxylation is 1. The Balaban J connectivity index is 0.000000511. The van der Waals surface area contributed by atoms with Crippen molar-refractivity contribution in [1.29, 1.82) is 0 Å². The molecule has 25 heavy (non-hydrogen) atoms. The van der Waals surface area contributed by atoms with Crippen molar-refractivity contribution in [2.45, 2.75) is 32.6 Å². The van der Waals surface area contributed by atoms with Gasteiger partial charge in [-0.3, -0.25) is 14.8 Å². The van der Waals surface area contributed by atoms with Gasteiger partial charge in [-0.05, 0) is 49.3 Å². The van der Waals surface area contributed by atoms with Crippen LogP contribution in [0, 0.1) is 12.8 Å². The van der Waals surface area contributed by atoms with Crippen LogP contribution >= 0.6 is 11.6 Å². The molecule has 6 nitrogen and oxygen atoms in total. The fourth-order valence-electron chi connectivity index (χ4n) is 2.72. The highest BCUT2D eigenvalue weighted by atomic mass is 35.5. The summed E-state index contributed by atoms with van der Waals surface area (Å²) in [6.07, 6.45) is 5.47. The van der Waals surface area contributed by atoms with E-state index in [0.29, 0.717) is 23.0 Å². The second kappa shape index (κ2) is 8.67. The Morgan fingerprint density at radius 3 is 2.52 bits per heavy atom. The number of carboxylic acids is 1. The summed E-state index contributed by atoms with van der Waals surface area (Å²) >= 11 is 5.90. The highest BCUT2D eigenvalue weighted by Crippen LogP contribution is 2.41. The SMILES string of the molecule is CC(=O)O.Cc1cncc(=NCC2CC(c3ccc(Cl)cc3)C2)n1O. The molecule has 1 aromatic carbocycles. The summed E-state index contributed by atoms with van der Waals surface area (Å²) in [5, 5.41) is 18.0. The number of aliphatic carboxylic acids is 1. The third-order valence-electron chi connectivity index (χ3n) is 4.09. The summed E-state index contributed by atoms with van der Waals surface area (Å²) in [6, 6.07) is 8.10. The topological polar surface area (TPSA) is 87.7 Å². The van der Waals surface area contributed by atoms with Crippen LogP contribution in [0.5, 0.6) is 0 Å². The lowest BCUT2D eigenvalue weighted by Crippen LogP contribution is -2.27. The fourth-order valence-corrected chi connectivity index (χ4v) is 2.85. The number of carboxylic acid groups (broad SMARTS) is 1. The first-order valence-electron chi connectivity index (χ1n) is 8.05. The van der Waals surface area contributed by atoms with E-state index in [4.69, 9.17) is 21.5 Å². The number of nitrogens with zero attached hydrogens (tertiary/aromatic N) is 3. The maximum Gasteiger partial charge on any atom is 0.300 e. The van der Waals surface area contributed by atoms with Gasteiger partial charge in [-0.2, -0.15) is 4.73 Å². The van der Waals surface area contributed by atoms with Crippen molar-refractivity contribution in [1.82, 2.24) is 9.71 Å². The molecule has 1 fully saturated rings. The van der Waals surface area contributed by atoms with Gasteiger partial charge in [0.1, 0.15) is 0 Å². The summed E-state index contributed by atoms with van der Waals surface area (Å²) in [5.74, 6) is 0.352. The number of carbonyl (C=O) groups is 1. The van der Waals surface area contributed by atoms with Gasteiger partial charge < -0.3 is 10.3 Å². The minimum atomic E-state index is -0.833. The van der Waals surface area contributed by atoms with Crippen molar-refractivity contribution in [3.05, 3.63) is 58.4 Å².